The Morgan fingerprint density at radius 3 is 2.07 bits per heavy atom. The SMILES string of the molecule is O=S(=O)(CCc1ccccc1)NCCc1ccc(N2CCCCCC2)cc1. The molecule has 0 bridgehead atoms. The molecule has 5 heteroatoms. The molecule has 2 aromatic carbocycles. The van der Waals surface area contributed by atoms with Crippen LogP contribution in [0.25, 0.3) is 0 Å². The van der Waals surface area contributed by atoms with E-state index >= 15 is 0 Å². The van der Waals surface area contributed by atoms with Gasteiger partial charge in [0.2, 0.25) is 10.0 Å². The van der Waals surface area contributed by atoms with Crippen LogP contribution in [-0.4, -0.2) is 33.8 Å². The lowest BCUT2D eigenvalue weighted by Gasteiger charge is -2.22. The highest BCUT2D eigenvalue weighted by atomic mass is 32.2. The number of rotatable bonds is 8. The van der Waals surface area contributed by atoms with E-state index in [9.17, 15) is 8.42 Å². The molecular formula is C22H30N2O2S. The third-order valence-corrected chi connectivity index (χ3v) is 6.53. The minimum Gasteiger partial charge on any atom is -0.372 e. The summed E-state index contributed by atoms with van der Waals surface area (Å²) in [5.41, 5.74) is 3.50. The van der Waals surface area contributed by atoms with E-state index in [0.717, 1.165) is 18.7 Å². The van der Waals surface area contributed by atoms with Gasteiger partial charge in [0.1, 0.15) is 0 Å². The Morgan fingerprint density at radius 1 is 0.778 bits per heavy atom. The first kappa shape index (κ1) is 19.9. The molecule has 0 aliphatic carbocycles. The van der Waals surface area contributed by atoms with Crippen molar-refractivity contribution in [2.45, 2.75) is 38.5 Å². The van der Waals surface area contributed by atoms with Crippen molar-refractivity contribution in [3.05, 3.63) is 65.7 Å². The zero-order valence-electron chi connectivity index (χ0n) is 15.9. The maximum absolute atomic E-state index is 12.2. The fourth-order valence-electron chi connectivity index (χ4n) is 3.52. The molecule has 27 heavy (non-hydrogen) atoms. The topological polar surface area (TPSA) is 49.4 Å². The highest BCUT2D eigenvalue weighted by molar-refractivity contribution is 7.89. The van der Waals surface area contributed by atoms with Gasteiger partial charge in [-0.05, 0) is 48.9 Å². The summed E-state index contributed by atoms with van der Waals surface area (Å²) in [5, 5.41) is 0. The van der Waals surface area contributed by atoms with Gasteiger partial charge in [-0.1, -0.05) is 55.3 Å². The highest BCUT2D eigenvalue weighted by Gasteiger charge is 2.11. The second-order valence-corrected chi connectivity index (χ2v) is 9.19. The largest absolute Gasteiger partial charge is 0.372 e. The fourth-order valence-corrected chi connectivity index (χ4v) is 4.58. The maximum Gasteiger partial charge on any atom is 0.211 e. The smallest absolute Gasteiger partial charge is 0.211 e. The van der Waals surface area contributed by atoms with E-state index in [1.807, 2.05) is 30.3 Å². The molecule has 146 valence electrons. The summed E-state index contributed by atoms with van der Waals surface area (Å²) in [6, 6.07) is 18.3. The van der Waals surface area contributed by atoms with Gasteiger partial charge in [-0.15, -0.1) is 0 Å². The Bertz CT molecular complexity index is 781. The summed E-state index contributed by atoms with van der Waals surface area (Å²) in [4.78, 5) is 2.46. The third kappa shape index (κ3) is 6.67. The number of nitrogens with zero attached hydrogens (tertiary/aromatic N) is 1. The van der Waals surface area contributed by atoms with E-state index in [2.05, 4.69) is 33.9 Å². The molecule has 1 aliphatic heterocycles. The second-order valence-electron chi connectivity index (χ2n) is 7.27. The molecule has 4 nitrogen and oxygen atoms in total. The van der Waals surface area contributed by atoms with Crippen LogP contribution in [0.3, 0.4) is 0 Å². The van der Waals surface area contributed by atoms with Gasteiger partial charge in [-0.3, -0.25) is 0 Å². The van der Waals surface area contributed by atoms with Crippen LogP contribution in [0.2, 0.25) is 0 Å². The molecule has 0 unspecified atom stereocenters. The van der Waals surface area contributed by atoms with Gasteiger partial charge in [0.25, 0.3) is 0 Å². The molecule has 0 saturated carbocycles. The third-order valence-electron chi connectivity index (χ3n) is 5.15. The summed E-state index contributed by atoms with van der Waals surface area (Å²) in [7, 11) is -3.24. The first-order valence-electron chi connectivity index (χ1n) is 9.97. The van der Waals surface area contributed by atoms with Crippen molar-refractivity contribution >= 4 is 15.7 Å². The minimum absolute atomic E-state index is 0.130. The molecule has 0 spiro atoms. The predicted octanol–water partition coefficient (Wildman–Crippen LogP) is 3.77. The van der Waals surface area contributed by atoms with Gasteiger partial charge in [0.05, 0.1) is 5.75 Å². The zero-order valence-corrected chi connectivity index (χ0v) is 16.8. The van der Waals surface area contributed by atoms with Crippen LogP contribution < -0.4 is 9.62 Å². The van der Waals surface area contributed by atoms with Crippen LogP contribution in [0.15, 0.2) is 54.6 Å². The number of anilines is 1. The van der Waals surface area contributed by atoms with E-state index in [4.69, 9.17) is 0 Å². The van der Waals surface area contributed by atoms with Crippen molar-refractivity contribution in [3.63, 3.8) is 0 Å². The number of sulfonamides is 1. The molecule has 1 aliphatic rings. The fraction of sp³-hybridized carbons (Fsp3) is 0.455. The first-order valence-corrected chi connectivity index (χ1v) is 11.6. The molecule has 0 amide bonds. The lowest BCUT2D eigenvalue weighted by atomic mass is 10.1. The predicted molar refractivity (Wildman–Crippen MR) is 113 cm³/mol. The number of hydrogen-bond donors (Lipinski definition) is 1. The van der Waals surface area contributed by atoms with Crippen LogP contribution in [0.5, 0.6) is 0 Å². The standard InChI is InChI=1S/C22H30N2O2S/c25-27(26,19-15-20-8-4-3-5-9-20)23-16-14-21-10-12-22(13-11-21)24-17-6-1-2-7-18-24/h3-5,8-13,23H,1-2,6-7,14-19H2. The van der Waals surface area contributed by atoms with Gasteiger partial charge in [-0.2, -0.15) is 0 Å². The van der Waals surface area contributed by atoms with Gasteiger partial charge in [0, 0.05) is 25.3 Å². The van der Waals surface area contributed by atoms with Gasteiger partial charge >= 0.3 is 0 Å². The van der Waals surface area contributed by atoms with Crippen LogP contribution in [0.1, 0.15) is 36.8 Å². The van der Waals surface area contributed by atoms with Crippen molar-refractivity contribution in [1.29, 1.82) is 0 Å². The number of hydrogen-bond acceptors (Lipinski definition) is 3. The van der Waals surface area contributed by atoms with Gasteiger partial charge in [-0.25, -0.2) is 13.1 Å². The van der Waals surface area contributed by atoms with Crippen LogP contribution in [0, 0.1) is 0 Å². The maximum atomic E-state index is 12.2. The summed E-state index contributed by atoms with van der Waals surface area (Å²) in [6.07, 6.45) is 6.46. The Hall–Kier alpha value is -1.85. The summed E-state index contributed by atoms with van der Waals surface area (Å²) in [6.45, 7) is 2.72. The van der Waals surface area contributed by atoms with Gasteiger partial charge in [0.15, 0.2) is 0 Å². The first-order chi connectivity index (χ1) is 13.1. The number of nitrogens with one attached hydrogen (secondary N) is 1. The molecule has 2 aromatic rings. The monoisotopic (exact) mass is 386 g/mol. The molecule has 1 heterocycles. The van der Waals surface area contributed by atoms with E-state index < -0.39 is 10.0 Å². The average molecular weight is 387 g/mol. The Morgan fingerprint density at radius 2 is 1.41 bits per heavy atom. The summed E-state index contributed by atoms with van der Waals surface area (Å²) >= 11 is 0. The normalized spacial score (nSPS) is 15.5. The molecule has 1 N–H and O–H groups in total. The Labute approximate surface area is 163 Å². The Kier molecular flexibility index (Phi) is 7.30. The van der Waals surface area contributed by atoms with Crippen molar-refractivity contribution in [2.24, 2.45) is 0 Å². The van der Waals surface area contributed by atoms with Crippen molar-refractivity contribution < 1.29 is 8.42 Å². The molecular weight excluding hydrogens is 356 g/mol. The van der Waals surface area contributed by atoms with E-state index in [-0.39, 0.29) is 5.75 Å². The zero-order chi connectivity index (χ0) is 19.0. The molecule has 0 aromatic heterocycles. The van der Waals surface area contributed by atoms with Crippen molar-refractivity contribution in [2.75, 3.05) is 30.3 Å². The molecule has 3 rings (SSSR count). The molecule has 0 radical (unpaired) electrons. The summed E-state index contributed by atoms with van der Waals surface area (Å²) < 4.78 is 27.1. The van der Waals surface area contributed by atoms with Crippen molar-refractivity contribution in [1.82, 2.24) is 4.72 Å². The van der Waals surface area contributed by atoms with Crippen molar-refractivity contribution in [3.8, 4) is 0 Å². The molecule has 0 atom stereocenters. The van der Waals surface area contributed by atoms with E-state index in [1.165, 1.54) is 36.9 Å². The van der Waals surface area contributed by atoms with Gasteiger partial charge < -0.3 is 4.90 Å². The lowest BCUT2D eigenvalue weighted by molar-refractivity contribution is 0.581. The van der Waals surface area contributed by atoms with Crippen LogP contribution in [0.4, 0.5) is 5.69 Å². The number of aryl methyl sites for hydroxylation is 1. The quantitative estimate of drug-likeness (QED) is 0.751. The lowest BCUT2D eigenvalue weighted by Crippen LogP contribution is -2.29. The molecule has 1 fully saturated rings. The van der Waals surface area contributed by atoms with Crippen LogP contribution in [-0.2, 0) is 22.9 Å². The van der Waals surface area contributed by atoms with E-state index in [0.29, 0.717) is 19.4 Å². The Balaban J connectivity index is 1.44. The summed E-state index contributed by atoms with van der Waals surface area (Å²) in [5.74, 6) is 0.130. The van der Waals surface area contributed by atoms with Crippen LogP contribution >= 0.6 is 0 Å². The average Bonchev–Trinajstić information content (AvgIpc) is 2.97. The minimum atomic E-state index is -3.24. The number of benzene rings is 2. The van der Waals surface area contributed by atoms with E-state index in [1.54, 1.807) is 0 Å². The highest BCUT2D eigenvalue weighted by Crippen LogP contribution is 2.20. The second kappa shape index (κ2) is 9.90. The molecule has 1 saturated heterocycles.